The quantitative estimate of drug-likeness (QED) is 0.618. The largest absolute Gasteiger partial charge is 0.760 e. The highest BCUT2D eigenvalue weighted by Crippen LogP contribution is 2.12. The minimum atomic E-state index is -2.03. The second kappa shape index (κ2) is 3.41. The highest BCUT2D eigenvalue weighted by atomic mass is 32.2. The van der Waals surface area contributed by atoms with Gasteiger partial charge in [0.25, 0.3) is 0 Å². The zero-order valence-corrected chi connectivity index (χ0v) is 8.48. The second-order valence-electron chi connectivity index (χ2n) is 4.16. The molecule has 4 nitrogen and oxygen atoms in total. The van der Waals surface area contributed by atoms with Crippen molar-refractivity contribution in [1.82, 2.24) is 9.62 Å². The van der Waals surface area contributed by atoms with E-state index in [4.69, 9.17) is 0 Å². The van der Waals surface area contributed by atoms with Crippen molar-refractivity contribution in [3.05, 3.63) is 0 Å². The van der Waals surface area contributed by atoms with Crippen LogP contribution in [0.1, 0.15) is 20.8 Å². The minimum absolute atomic E-state index is 0.0706. The monoisotopic (exact) mass is 191 g/mol. The van der Waals surface area contributed by atoms with E-state index in [-0.39, 0.29) is 5.54 Å². The Morgan fingerprint density at radius 1 is 1.50 bits per heavy atom. The SMILES string of the molecule is CC(C)(C)NC1CN(S(=O)[O-])C1. The Bertz CT molecular complexity index is 184. The molecule has 0 aromatic carbocycles. The third-order valence-electron chi connectivity index (χ3n) is 1.70. The maximum Gasteiger partial charge on any atom is 0.0346 e. The van der Waals surface area contributed by atoms with Crippen molar-refractivity contribution in [2.75, 3.05) is 13.1 Å². The molecule has 72 valence electrons. The van der Waals surface area contributed by atoms with Gasteiger partial charge in [0.2, 0.25) is 0 Å². The number of rotatable bonds is 2. The van der Waals surface area contributed by atoms with E-state index in [0.717, 1.165) is 0 Å². The van der Waals surface area contributed by atoms with Crippen LogP contribution in [-0.2, 0) is 11.3 Å². The van der Waals surface area contributed by atoms with Crippen molar-refractivity contribution >= 4 is 11.3 Å². The summed E-state index contributed by atoms with van der Waals surface area (Å²) >= 11 is -2.03. The molecule has 1 fully saturated rings. The first-order valence-electron chi connectivity index (χ1n) is 4.00. The molecule has 5 heteroatoms. The van der Waals surface area contributed by atoms with Crippen molar-refractivity contribution in [2.45, 2.75) is 32.4 Å². The van der Waals surface area contributed by atoms with Gasteiger partial charge < -0.3 is 9.87 Å². The van der Waals surface area contributed by atoms with Gasteiger partial charge in [-0.1, -0.05) is 0 Å². The summed E-state index contributed by atoms with van der Waals surface area (Å²) in [5.41, 5.74) is 0.0706. The summed E-state index contributed by atoms with van der Waals surface area (Å²) in [6, 6.07) is 0.322. The van der Waals surface area contributed by atoms with E-state index < -0.39 is 11.3 Å². The first-order valence-corrected chi connectivity index (χ1v) is 5.04. The van der Waals surface area contributed by atoms with Crippen LogP contribution < -0.4 is 5.32 Å². The second-order valence-corrected chi connectivity index (χ2v) is 5.11. The normalized spacial score (nSPS) is 23.7. The van der Waals surface area contributed by atoms with Gasteiger partial charge in [-0.05, 0) is 20.8 Å². The van der Waals surface area contributed by atoms with Gasteiger partial charge >= 0.3 is 0 Å². The van der Waals surface area contributed by atoms with Gasteiger partial charge in [-0.3, -0.25) is 4.21 Å². The van der Waals surface area contributed by atoms with Crippen LogP contribution in [0.5, 0.6) is 0 Å². The van der Waals surface area contributed by atoms with Crippen LogP contribution in [0.3, 0.4) is 0 Å². The summed E-state index contributed by atoms with van der Waals surface area (Å²) in [4.78, 5) is 0. The fraction of sp³-hybridized carbons (Fsp3) is 1.00. The van der Waals surface area contributed by atoms with Crippen LogP contribution in [0.25, 0.3) is 0 Å². The molecule has 1 aliphatic heterocycles. The van der Waals surface area contributed by atoms with Gasteiger partial charge in [-0.25, -0.2) is 4.31 Å². The van der Waals surface area contributed by atoms with Crippen LogP contribution in [-0.4, -0.2) is 37.7 Å². The van der Waals surface area contributed by atoms with Gasteiger partial charge in [-0.15, -0.1) is 0 Å². The predicted octanol–water partition coefficient (Wildman–Crippen LogP) is -0.147. The Kier molecular flexibility index (Phi) is 2.88. The molecule has 1 N–H and O–H groups in total. The summed E-state index contributed by atoms with van der Waals surface area (Å²) in [6.45, 7) is 7.43. The molecule has 1 unspecified atom stereocenters. The predicted molar refractivity (Wildman–Crippen MR) is 47.2 cm³/mol. The molecule has 0 aromatic heterocycles. The molecule has 0 aromatic rings. The van der Waals surface area contributed by atoms with Crippen molar-refractivity contribution in [3.8, 4) is 0 Å². The molecular weight excluding hydrogens is 176 g/mol. The molecule has 0 saturated carbocycles. The van der Waals surface area contributed by atoms with Gasteiger partial charge in [0.1, 0.15) is 0 Å². The highest BCUT2D eigenvalue weighted by molar-refractivity contribution is 7.76. The third-order valence-corrected chi connectivity index (χ3v) is 2.42. The summed E-state index contributed by atoms with van der Waals surface area (Å²) < 4.78 is 22.2. The molecule has 1 atom stereocenters. The maximum absolute atomic E-state index is 10.4. The molecular formula is C7H15N2O2S-. The molecule has 1 saturated heterocycles. The van der Waals surface area contributed by atoms with Crippen molar-refractivity contribution in [1.29, 1.82) is 0 Å². The summed E-state index contributed by atoms with van der Waals surface area (Å²) in [6.07, 6.45) is 0. The van der Waals surface area contributed by atoms with Gasteiger partial charge in [0.05, 0.1) is 0 Å². The van der Waals surface area contributed by atoms with E-state index >= 15 is 0 Å². The summed E-state index contributed by atoms with van der Waals surface area (Å²) in [7, 11) is 0. The standard InChI is InChI=1S/C7H16N2O2S/c1-7(2,3)8-6-4-9(5-6)12(10)11/h6,8H,4-5H2,1-3H3,(H,10,11)/p-1. The Labute approximate surface area is 75.7 Å². The van der Waals surface area contributed by atoms with E-state index in [0.29, 0.717) is 19.1 Å². The van der Waals surface area contributed by atoms with Crippen molar-refractivity contribution in [2.24, 2.45) is 0 Å². The molecule has 0 spiro atoms. The topological polar surface area (TPSA) is 55.4 Å². The maximum atomic E-state index is 10.4. The number of hydrogen-bond donors (Lipinski definition) is 1. The fourth-order valence-corrected chi connectivity index (χ4v) is 1.87. The summed E-state index contributed by atoms with van der Waals surface area (Å²) in [5.74, 6) is 0. The fourth-order valence-electron chi connectivity index (χ4n) is 1.26. The zero-order valence-electron chi connectivity index (χ0n) is 7.66. The molecule has 0 aliphatic carbocycles. The molecule has 1 aliphatic rings. The Hall–Kier alpha value is 0.0300. The number of hydrogen-bond acceptors (Lipinski definition) is 3. The van der Waals surface area contributed by atoms with Crippen molar-refractivity contribution in [3.63, 3.8) is 0 Å². The first kappa shape index (κ1) is 10.1. The molecule has 12 heavy (non-hydrogen) atoms. The summed E-state index contributed by atoms with van der Waals surface area (Å²) in [5, 5.41) is 3.33. The van der Waals surface area contributed by atoms with E-state index in [2.05, 4.69) is 26.1 Å². The lowest BCUT2D eigenvalue weighted by Gasteiger charge is -2.43. The first-order chi connectivity index (χ1) is 5.38. The molecule has 1 heterocycles. The van der Waals surface area contributed by atoms with E-state index in [1.54, 1.807) is 0 Å². The Morgan fingerprint density at radius 3 is 2.33 bits per heavy atom. The molecule has 0 amide bonds. The van der Waals surface area contributed by atoms with Crippen molar-refractivity contribution < 1.29 is 8.76 Å². The lowest BCUT2D eigenvalue weighted by atomic mass is 10.0. The lowest BCUT2D eigenvalue weighted by Crippen LogP contribution is -2.62. The van der Waals surface area contributed by atoms with Crippen LogP contribution >= 0.6 is 0 Å². The van der Waals surface area contributed by atoms with Crippen LogP contribution in [0.4, 0.5) is 0 Å². The van der Waals surface area contributed by atoms with Gasteiger partial charge in [-0.2, -0.15) is 0 Å². The van der Waals surface area contributed by atoms with Gasteiger partial charge in [0.15, 0.2) is 0 Å². The van der Waals surface area contributed by atoms with Crippen LogP contribution in [0.15, 0.2) is 0 Å². The molecule has 0 radical (unpaired) electrons. The Morgan fingerprint density at radius 2 is 2.00 bits per heavy atom. The smallest absolute Gasteiger partial charge is 0.0346 e. The van der Waals surface area contributed by atoms with E-state index in [9.17, 15) is 8.76 Å². The van der Waals surface area contributed by atoms with Gasteiger partial charge in [0, 0.05) is 35.9 Å². The number of nitrogens with zero attached hydrogens (tertiary/aromatic N) is 1. The average molecular weight is 191 g/mol. The number of nitrogens with one attached hydrogen (secondary N) is 1. The van der Waals surface area contributed by atoms with Crippen LogP contribution in [0.2, 0.25) is 0 Å². The third kappa shape index (κ3) is 2.82. The lowest BCUT2D eigenvalue weighted by molar-refractivity contribution is 0.188. The minimum Gasteiger partial charge on any atom is -0.760 e. The zero-order chi connectivity index (χ0) is 9.35. The molecule has 0 bridgehead atoms. The van der Waals surface area contributed by atoms with Crippen LogP contribution in [0, 0.1) is 0 Å². The molecule has 1 rings (SSSR count). The Balaban J connectivity index is 2.22. The van der Waals surface area contributed by atoms with E-state index in [1.165, 1.54) is 4.31 Å². The highest BCUT2D eigenvalue weighted by Gasteiger charge is 2.29. The van der Waals surface area contributed by atoms with E-state index in [1.807, 2.05) is 0 Å². The average Bonchev–Trinajstić information content (AvgIpc) is 1.74.